The predicted octanol–water partition coefficient (Wildman–Crippen LogP) is 4.20. The number of hydrogen-bond donors (Lipinski definition) is 2. The number of carbonyl (C=O) groups is 1. The molecule has 0 bridgehead atoms. The average Bonchev–Trinajstić information content (AvgIpc) is 3.41. The van der Waals surface area contributed by atoms with Crippen molar-refractivity contribution in [3.63, 3.8) is 0 Å². The highest BCUT2D eigenvalue weighted by atomic mass is 16.5. The van der Waals surface area contributed by atoms with Crippen molar-refractivity contribution in [2.75, 3.05) is 6.54 Å². The Morgan fingerprint density at radius 2 is 2.03 bits per heavy atom. The van der Waals surface area contributed by atoms with Crippen LogP contribution in [-0.4, -0.2) is 23.5 Å². The number of hydrogen-bond acceptors (Lipinski definition) is 4. The molecule has 32 heavy (non-hydrogen) atoms. The third-order valence-electron chi connectivity index (χ3n) is 6.22. The van der Waals surface area contributed by atoms with Crippen LogP contribution in [0.4, 0.5) is 0 Å². The molecule has 1 amide bonds. The summed E-state index contributed by atoms with van der Waals surface area (Å²) in [6.07, 6.45) is 4.52. The lowest BCUT2D eigenvalue weighted by atomic mass is 10.0. The van der Waals surface area contributed by atoms with Crippen LogP contribution in [0.3, 0.4) is 0 Å². The minimum Gasteiger partial charge on any atom is -0.480 e. The normalized spacial score (nSPS) is 13.9. The van der Waals surface area contributed by atoms with Crippen molar-refractivity contribution in [1.29, 1.82) is 0 Å². The molecule has 0 saturated heterocycles. The third-order valence-corrected chi connectivity index (χ3v) is 6.22. The van der Waals surface area contributed by atoms with E-state index in [9.17, 15) is 9.59 Å². The van der Waals surface area contributed by atoms with Gasteiger partial charge >= 0.3 is 5.63 Å². The zero-order valence-corrected chi connectivity index (χ0v) is 18.3. The van der Waals surface area contributed by atoms with Crippen LogP contribution in [0.1, 0.15) is 35.6 Å². The molecule has 2 aromatic heterocycles. The predicted molar refractivity (Wildman–Crippen MR) is 124 cm³/mol. The fourth-order valence-electron chi connectivity index (χ4n) is 4.64. The average molecular weight is 431 g/mol. The number of nitrogens with one attached hydrogen (secondary N) is 2. The smallest absolute Gasteiger partial charge is 0.339 e. The topological polar surface area (TPSA) is 84.3 Å². The van der Waals surface area contributed by atoms with E-state index in [2.05, 4.69) is 16.4 Å². The first kappa shape index (κ1) is 20.4. The summed E-state index contributed by atoms with van der Waals surface area (Å²) in [6, 6.07) is 11.9. The lowest BCUT2D eigenvalue weighted by Crippen LogP contribution is -2.37. The van der Waals surface area contributed by atoms with Crippen molar-refractivity contribution in [2.24, 2.45) is 0 Å². The van der Waals surface area contributed by atoms with Gasteiger partial charge in [-0.2, -0.15) is 0 Å². The van der Waals surface area contributed by atoms with Crippen LogP contribution in [0.2, 0.25) is 0 Å². The largest absolute Gasteiger partial charge is 0.480 e. The number of aromatic nitrogens is 1. The summed E-state index contributed by atoms with van der Waals surface area (Å²) in [5.74, 6) is 0.426. The molecule has 5 rings (SSSR count). The van der Waals surface area contributed by atoms with Crippen molar-refractivity contribution < 1.29 is 13.9 Å². The number of ether oxygens (including phenoxy) is 1. The van der Waals surface area contributed by atoms with Crippen LogP contribution in [0.15, 0.2) is 51.8 Å². The van der Waals surface area contributed by atoms with E-state index in [0.29, 0.717) is 17.9 Å². The van der Waals surface area contributed by atoms with Gasteiger partial charge in [-0.25, -0.2) is 4.79 Å². The quantitative estimate of drug-likeness (QED) is 0.449. The van der Waals surface area contributed by atoms with Crippen molar-refractivity contribution in [1.82, 2.24) is 10.3 Å². The number of amides is 1. The first-order chi connectivity index (χ1) is 15.5. The molecule has 164 valence electrons. The van der Waals surface area contributed by atoms with E-state index in [-0.39, 0.29) is 11.5 Å². The molecule has 0 spiro atoms. The van der Waals surface area contributed by atoms with Crippen molar-refractivity contribution >= 4 is 27.8 Å². The van der Waals surface area contributed by atoms with Crippen LogP contribution in [0, 0.1) is 6.92 Å². The Hall–Kier alpha value is -3.54. The maximum atomic E-state index is 12.7. The molecule has 1 atom stereocenters. The van der Waals surface area contributed by atoms with E-state index in [1.807, 2.05) is 43.5 Å². The van der Waals surface area contributed by atoms with Gasteiger partial charge in [0, 0.05) is 29.2 Å². The number of para-hydroxylation sites is 1. The summed E-state index contributed by atoms with van der Waals surface area (Å²) in [7, 11) is 0. The van der Waals surface area contributed by atoms with Gasteiger partial charge in [-0.15, -0.1) is 0 Å². The first-order valence-corrected chi connectivity index (χ1v) is 11.1. The second-order valence-corrected chi connectivity index (χ2v) is 8.50. The lowest BCUT2D eigenvalue weighted by molar-refractivity contribution is -0.127. The second kappa shape index (κ2) is 8.19. The van der Waals surface area contributed by atoms with Crippen LogP contribution in [0.5, 0.6) is 5.75 Å². The van der Waals surface area contributed by atoms with Gasteiger partial charge in [-0.3, -0.25) is 4.79 Å². The molecule has 2 N–H and O–H groups in total. The SMILES string of the molecule is Cc1cc(OC(C)C(=O)NCCc2c[nH]c3ccccc23)c2c3c(c(=O)oc2c1)CCC3. The fourth-order valence-corrected chi connectivity index (χ4v) is 4.64. The number of rotatable bonds is 6. The maximum Gasteiger partial charge on any atom is 0.339 e. The Kier molecular flexibility index (Phi) is 5.21. The molecule has 0 radical (unpaired) electrons. The Bertz CT molecular complexity index is 1380. The standard InChI is InChI=1S/C26H26N2O4/c1-15-12-22(24-19-7-5-8-20(19)26(30)32-23(24)13-15)31-16(2)25(29)27-11-10-17-14-28-21-9-4-3-6-18(17)21/h3-4,6,9,12-14,16,28H,5,7-8,10-11H2,1-2H3,(H,27,29). The zero-order chi connectivity index (χ0) is 22.2. The van der Waals surface area contributed by atoms with E-state index in [0.717, 1.165) is 53.3 Å². The summed E-state index contributed by atoms with van der Waals surface area (Å²) in [4.78, 5) is 28.3. The summed E-state index contributed by atoms with van der Waals surface area (Å²) >= 11 is 0. The van der Waals surface area contributed by atoms with Gasteiger partial charge in [-0.05, 0) is 74.4 Å². The summed E-state index contributed by atoms with van der Waals surface area (Å²) in [5, 5.41) is 4.97. The number of H-pyrrole nitrogens is 1. The molecule has 2 heterocycles. The van der Waals surface area contributed by atoms with Crippen molar-refractivity contribution in [2.45, 2.75) is 45.6 Å². The van der Waals surface area contributed by atoms with Gasteiger partial charge in [0.2, 0.25) is 0 Å². The molecule has 0 aliphatic heterocycles. The summed E-state index contributed by atoms with van der Waals surface area (Å²) in [6.45, 7) is 4.19. The number of carbonyl (C=O) groups excluding carboxylic acids is 1. The highest BCUT2D eigenvalue weighted by Gasteiger charge is 2.24. The third kappa shape index (κ3) is 3.66. The van der Waals surface area contributed by atoms with E-state index in [4.69, 9.17) is 9.15 Å². The van der Waals surface area contributed by atoms with Crippen LogP contribution in [0.25, 0.3) is 21.9 Å². The monoisotopic (exact) mass is 430 g/mol. The molecule has 6 heteroatoms. The van der Waals surface area contributed by atoms with E-state index in [1.165, 1.54) is 10.9 Å². The summed E-state index contributed by atoms with van der Waals surface area (Å²) in [5.41, 5.74) is 5.18. The van der Waals surface area contributed by atoms with Gasteiger partial charge in [0.05, 0.1) is 5.39 Å². The van der Waals surface area contributed by atoms with Gasteiger partial charge < -0.3 is 19.5 Å². The fraction of sp³-hybridized carbons (Fsp3) is 0.308. The zero-order valence-electron chi connectivity index (χ0n) is 18.3. The van der Waals surface area contributed by atoms with Crippen LogP contribution < -0.4 is 15.7 Å². The first-order valence-electron chi connectivity index (χ1n) is 11.1. The molecule has 2 aromatic carbocycles. The number of aromatic amines is 1. The number of benzene rings is 2. The van der Waals surface area contributed by atoms with Crippen molar-refractivity contribution in [3.05, 3.63) is 75.3 Å². The molecule has 4 aromatic rings. The van der Waals surface area contributed by atoms with Crippen LogP contribution in [-0.2, 0) is 24.1 Å². The van der Waals surface area contributed by atoms with Gasteiger partial charge in [0.25, 0.3) is 5.91 Å². The van der Waals surface area contributed by atoms with E-state index >= 15 is 0 Å². The Labute approximate surface area is 185 Å². The Balaban J connectivity index is 1.31. The van der Waals surface area contributed by atoms with Crippen molar-refractivity contribution in [3.8, 4) is 5.75 Å². The van der Waals surface area contributed by atoms with Crippen LogP contribution >= 0.6 is 0 Å². The second-order valence-electron chi connectivity index (χ2n) is 8.50. The van der Waals surface area contributed by atoms with E-state index < -0.39 is 6.10 Å². The molecular formula is C26H26N2O4. The molecule has 0 saturated carbocycles. The highest BCUT2D eigenvalue weighted by molar-refractivity contribution is 5.90. The van der Waals surface area contributed by atoms with E-state index in [1.54, 1.807) is 6.92 Å². The number of fused-ring (bicyclic) bond motifs is 4. The van der Waals surface area contributed by atoms with Gasteiger partial charge in [0.1, 0.15) is 11.3 Å². The lowest BCUT2D eigenvalue weighted by Gasteiger charge is -2.18. The molecule has 1 aliphatic carbocycles. The Morgan fingerprint density at radius 1 is 1.22 bits per heavy atom. The molecule has 1 aliphatic rings. The minimum atomic E-state index is -0.674. The summed E-state index contributed by atoms with van der Waals surface area (Å²) < 4.78 is 11.7. The number of aryl methyl sites for hydroxylation is 2. The molecule has 6 nitrogen and oxygen atoms in total. The minimum absolute atomic E-state index is 0.173. The Morgan fingerprint density at radius 3 is 2.91 bits per heavy atom. The maximum absolute atomic E-state index is 12.7. The molecule has 1 unspecified atom stereocenters. The molecular weight excluding hydrogens is 404 g/mol. The van der Waals surface area contributed by atoms with Gasteiger partial charge in [0.15, 0.2) is 6.10 Å². The highest BCUT2D eigenvalue weighted by Crippen LogP contribution is 2.35. The molecule has 0 fully saturated rings. The van der Waals surface area contributed by atoms with Gasteiger partial charge in [-0.1, -0.05) is 18.2 Å².